The smallest absolute Gasteiger partial charge is 0.239 e. The van der Waals surface area contributed by atoms with Crippen molar-refractivity contribution < 1.29 is 9.18 Å². The number of carbonyl (C=O) groups excluding carboxylic acids is 1. The van der Waals surface area contributed by atoms with Crippen LogP contribution in [-0.2, 0) is 4.79 Å². The number of amides is 1. The molecule has 0 spiro atoms. The molecule has 0 aliphatic heterocycles. The Hall–Kier alpha value is -0.750. The number of nitrogens with zero attached hydrogens (tertiary/aromatic N) is 2. The molecule has 1 atom stereocenters. The molecular formula is C8H8BrClFN3O. The first-order chi connectivity index (χ1) is 7.04. The normalized spacial score (nSPS) is 12.3. The Balaban J connectivity index is 2.80. The predicted octanol–water partition coefficient (Wildman–Crippen LogP) is 2.38. The van der Waals surface area contributed by atoms with Crippen LogP contribution in [0.5, 0.6) is 0 Å². The summed E-state index contributed by atoms with van der Waals surface area (Å²) in [5.41, 5.74) is 0. The van der Waals surface area contributed by atoms with Crippen molar-refractivity contribution in [2.75, 3.05) is 5.32 Å². The summed E-state index contributed by atoms with van der Waals surface area (Å²) >= 11 is 8.59. The van der Waals surface area contributed by atoms with Gasteiger partial charge in [0.25, 0.3) is 0 Å². The minimum Gasteiger partial charge on any atom is -0.307 e. The van der Waals surface area contributed by atoms with Crippen molar-refractivity contribution in [1.82, 2.24) is 9.97 Å². The molecule has 0 radical (unpaired) electrons. The monoisotopic (exact) mass is 295 g/mol. The van der Waals surface area contributed by atoms with E-state index in [9.17, 15) is 9.18 Å². The zero-order valence-corrected chi connectivity index (χ0v) is 10.1. The van der Waals surface area contributed by atoms with Crippen LogP contribution in [0, 0.1) is 5.82 Å². The highest BCUT2D eigenvalue weighted by molar-refractivity contribution is 9.10. The molecule has 1 aromatic heterocycles. The maximum atomic E-state index is 13.1. The van der Waals surface area contributed by atoms with Gasteiger partial charge in [-0.3, -0.25) is 4.79 Å². The fourth-order valence-corrected chi connectivity index (χ4v) is 1.06. The molecule has 0 fully saturated rings. The number of aromatic nitrogens is 2. The molecule has 0 aliphatic rings. The molecule has 82 valence electrons. The van der Waals surface area contributed by atoms with Gasteiger partial charge in [0.1, 0.15) is 0 Å². The topological polar surface area (TPSA) is 54.9 Å². The fraction of sp³-hybridized carbons (Fsp3) is 0.375. The summed E-state index contributed by atoms with van der Waals surface area (Å²) in [6.07, 6.45) is 1.49. The summed E-state index contributed by atoms with van der Waals surface area (Å²) in [6.45, 7) is 1.82. The van der Waals surface area contributed by atoms with Gasteiger partial charge in [0.05, 0.1) is 11.0 Å². The average molecular weight is 297 g/mol. The number of carbonyl (C=O) groups is 1. The molecule has 1 N–H and O–H groups in total. The van der Waals surface area contributed by atoms with Gasteiger partial charge in [-0.1, -0.05) is 22.9 Å². The highest BCUT2D eigenvalue weighted by Gasteiger charge is 2.15. The largest absolute Gasteiger partial charge is 0.307 e. The Labute approximate surface area is 99.4 Å². The molecule has 15 heavy (non-hydrogen) atoms. The number of halogens is 3. The Morgan fingerprint density at radius 2 is 2.47 bits per heavy atom. The molecule has 4 nitrogen and oxygen atoms in total. The lowest BCUT2D eigenvalue weighted by Gasteiger charge is -2.08. The SMILES string of the molecule is CCC(Br)C(=O)Nc1nc(Cl)ncc1F. The zero-order valence-electron chi connectivity index (χ0n) is 7.80. The van der Waals surface area contributed by atoms with Crippen molar-refractivity contribution in [3.8, 4) is 0 Å². The molecule has 7 heteroatoms. The summed E-state index contributed by atoms with van der Waals surface area (Å²) in [4.78, 5) is 18.0. The van der Waals surface area contributed by atoms with Crippen LogP contribution in [0.4, 0.5) is 10.2 Å². The predicted molar refractivity (Wildman–Crippen MR) is 58.6 cm³/mol. The third kappa shape index (κ3) is 3.39. The second-order valence-corrected chi connectivity index (χ2v) is 4.14. The Bertz CT molecular complexity index is 377. The highest BCUT2D eigenvalue weighted by Crippen LogP contribution is 2.14. The van der Waals surface area contributed by atoms with Crippen LogP contribution in [0.3, 0.4) is 0 Å². The van der Waals surface area contributed by atoms with Crippen LogP contribution in [-0.4, -0.2) is 20.7 Å². The molecule has 1 heterocycles. The van der Waals surface area contributed by atoms with Gasteiger partial charge in [-0.25, -0.2) is 9.37 Å². The summed E-state index contributed by atoms with van der Waals surface area (Å²) in [5, 5.41) is 2.19. The van der Waals surface area contributed by atoms with Crippen LogP contribution < -0.4 is 5.32 Å². The quantitative estimate of drug-likeness (QED) is 0.688. The number of rotatable bonds is 3. The molecule has 0 aromatic carbocycles. The molecule has 0 aliphatic carbocycles. The van der Waals surface area contributed by atoms with Gasteiger partial charge in [0.2, 0.25) is 11.2 Å². The first kappa shape index (κ1) is 12.3. The van der Waals surface area contributed by atoms with Gasteiger partial charge < -0.3 is 5.32 Å². The molecule has 1 unspecified atom stereocenters. The molecular weight excluding hydrogens is 288 g/mol. The third-order valence-electron chi connectivity index (χ3n) is 1.60. The second kappa shape index (κ2) is 5.37. The van der Waals surface area contributed by atoms with Gasteiger partial charge in [-0.2, -0.15) is 4.98 Å². The van der Waals surface area contributed by atoms with E-state index in [1.165, 1.54) is 0 Å². The van der Waals surface area contributed by atoms with E-state index < -0.39 is 5.82 Å². The second-order valence-electron chi connectivity index (χ2n) is 2.70. The molecule has 1 amide bonds. The van der Waals surface area contributed by atoms with Gasteiger partial charge in [-0.15, -0.1) is 0 Å². The molecule has 1 aromatic rings. The van der Waals surface area contributed by atoms with E-state index in [4.69, 9.17) is 11.6 Å². The lowest BCUT2D eigenvalue weighted by atomic mass is 10.3. The first-order valence-corrected chi connectivity index (χ1v) is 5.47. The van der Waals surface area contributed by atoms with Crippen molar-refractivity contribution in [1.29, 1.82) is 0 Å². The number of hydrogen-bond donors (Lipinski definition) is 1. The summed E-state index contributed by atoms with van der Waals surface area (Å²) in [5.74, 6) is -1.30. The lowest BCUT2D eigenvalue weighted by molar-refractivity contribution is -0.115. The van der Waals surface area contributed by atoms with Crippen molar-refractivity contribution in [3.05, 3.63) is 17.3 Å². The van der Waals surface area contributed by atoms with Crippen LogP contribution in [0.25, 0.3) is 0 Å². The van der Waals surface area contributed by atoms with E-state index >= 15 is 0 Å². The number of hydrogen-bond acceptors (Lipinski definition) is 3. The maximum Gasteiger partial charge on any atom is 0.239 e. The van der Waals surface area contributed by atoms with E-state index in [1.54, 1.807) is 0 Å². The average Bonchev–Trinajstić information content (AvgIpc) is 2.22. The lowest BCUT2D eigenvalue weighted by Crippen LogP contribution is -2.23. The van der Waals surface area contributed by atoms with E-state index in [-0.39, 0.29) is 21.8 Å². The van der Waals surface area contributed by atoms with E-state index in [0.29, 0.717) is 6.42 Å². The van der Waals surface area contributed by atoms with Crippen molar-refractivity contribution >= 4 is 39.3 Å². The van der Waals surface area contributed by atoms with Crippen LogP contribution in [0.1, 0.15) is 13.3 Å². The number of nitrogens with one attached hydrogen (secondary N) is 1. The molecule has 0 saturated heterocycles. The minimum absolute atomic E-state index is 0.116. The molecule has 1 rings (SSSR count). The van der Waals surface area contributed by atoms with Crippen molar-refractivity contribution in [3.63, 3.8) is 0 Å². The fourth-order valence-electron chi connectivity index (χ4n) is 0.814. The number of alkyl halides is 1. The van der Waals surface area contributed by atoms with Crippen LogP contribution >= 0.6 is 27.5 Å². The van der Waals surface area contributed by atoms with Crippen LogP contribution in [0.15, 0.2) is 6.20 Å². The Kier molecular flexibility index (Phi) is 4.41. The summed E-state index contributed by atoms with van der Waals surface area (Å²) in [6, 6.07) is 0. The summed E-state index contributed by atoms with van der Waals surface area (Å²) in [7, 11) is 0. The standard InChI is InChI=1S/C8H8BrClFN3O/c1-2-4(9)7(15)13-6-5(11)3-12-8(10)14-6/h3-4H,2H2,1H3,(H,12,13,14,15). The Morgan fingerprint density at radius 3 is 3.07 bits per heavy atom. The highest BCUT2D eigenvalue weighted by atomic mass is 79.9. The van der Waals surface area contributed by atoms with Gasteiger partial charge in [0, 0.05) is 0 Å². The third-order valence-corrected chi connectivity index (χ3v) is 2.84. The van der Waals surface area contributed by atoms with Crippen LogP contribution in [0.2, 0.25) is 5.28 Å². The minimum atomic E-state index is -0.719. The summed E-state index contributed by atoms with van der Waals surface area (Å²) < 4.78 is 13.1. The van der Waals surface area contributed by atoms with Crippen molar-refractivity contribution in [2.24, 2.45) is 0 Å². The van der Waals surface area contributed by atoms with Gasteiger partial charge >= 0.3 is 0 Å². The van der Waals surface area contributed by atoms with E-state index in [1.807, 2.05) is 6.92 Å². The number of anilines is 1. The zero-order chi connectivity index (χ0) is 11.4. The first-order valence-electron chi connectivity index (χ1n) is 4.17. The van der Waals surface area contributed by atoms with E-state index in [2.05, 4.69) is 31.2 Å². The van der Waals surface area contributed by atoms with E-state index in [0.717, 1.165) is 6.20 Å². The van der Waals surface area contributed by atoms with Gasteiger partial charge in [0.15, 0.2) is 11.6 Å². The maximum absolute atomic E-state index is 13.1. The molecule has 0 saturated carbocycles. The molecule has 0 bridgehead atoms. The van der Waals surface area contributed by atoms with Gasteiger partial charge in [-0.05, 0) is 18.0 Å². The Morgan fingerprint density at radius 1 is 1.80 bits per heavy atom. The van der Waals surface area contributed by atoms with Crippen molar-refractivity contribution in [2.45, 2.75) is 18.2 Å².